The number of nitrogens with zero attached hydrogens (tertiary/aromatic N) is 1. The Morgan fingerprint density at radius 2 is 1.53 bits per heavy atom. The maximum absolute atomic E-state index is 12.1. The van der Waals surface area contributed by atoms with Gasteiger partial charge in [0.2, 0.25) is 0 Å². The molecule has 2 N–H and O–H groups in total. The van der Waals surface area contributed by atoms with Crippen molar-refractivity contribution in [3.05, 3.63) is 29.8 Å². The lowest BCUT2D eigenvalue weighted by Gasteiger charge is -2.20. The van der Waals surface area contributed by atoms with Crippen molar-refractivity contribution in [3.63, 3.8) is 0 Å². The summed E-state index contributed by atoms with van der Waals surface area (Å²) in [5.74, 6) is 0.141. The van der Waals surface area contributed by atoms with Crippen LogP contribution in [0.15, 0.2) is 24.3 Å². The number of anilines is 1. The molecule has 1 aromatic rings. The summed E-state index contributed by atoms with van der Waals surface area (Å²) in [6.07, 6.45) is 4.73. The van der Waals surface area contributed by atoms with E-state index < -0.39 is 0 Å². The third-order valence-corrected chi connectivity index (χ3v) is 3.05. The molecule has 1 aromatic carbocycles. The number of nitrogen functional groups attached to an aromatic ring is 1. The number of benzene rings is 1. The summed E-state index contributed by atoms with van der Waals surface area (Å²) in [5.41, 5.74) is 7.05. The van der Waals surface area contributed by atoms with Crippen LogP contribution in [-0.2, 0) is 0 Å². The Hall–Kier alpha value is -1.22. The summed E-state index contributed by atoms with van der Waals surface area (Å²) < 4.78 is 0. The first-order valence-electron chi connectivity index (χ1n) is 5.92. The highest BCUT2D eigenvalue weighted by molar-refractivity contribution is 5.94. The van der Waals surface area contributed by atoms with E-state index in [0.717, 1.165) is 31.5 Å². The Morgan fingerprint density at radius 3 is 2.06 bits per heavy atom. The minimum atomic E-state index is 0. The molecular formula is C13H19ClN2O. The lowest BCUT2D eigenvalue weighted by atomic mass is 10.2. The van der Waals surface area contributed by atoms with Gasteiger partial charge in [-0.15, -0.1) is 12.4 Å². The van der Waals surface area contributed by atoms with Gasteiger partial charge in [0.05, 0.1) is 0 Å². The van der Waals surface area contributed by atoms with Crippen LogP contribution in [-0.4, -0.2) is 23.9 Å². The zero-order valence-corrected chi connectivity index (χ0v) is 10.7. The minimum Gasteiger partial charge on any atom is -0.399 e. The molecule has 0 atom stereocenters. The largest absolute Gasteiger partial charge is 0.399 e. The zero-order chi connectivity index (χ0) is 11.4. The van der Waals surface area contributed by atoms with Crippen LogP contribution < -0.4 is 5.73 Å². The van der Waals surface area contributed by atoms with E-state index >= 15 is 0 Å². The van der Waals surface area contributed by atoms with Crippen molar-refractivity contribution in [2.45, 2.75) is 25.7 Å². The van der Waals surface area contributed by atoms with E-state index in [-0.39, 0.29) is 18.3 Å². The molecule has 1 amide bonds. The number of carbonyl (C=O) groups is 1. The summed E-state index contributed by atoms with van der Waals surface area (Å²) in [5, 5.41) is 0. The van der Waals surface area contributed by atoms with Gasteiger partial charge in [0.15, 0.2) is 0 Å². The monoisotopic (exact) mass is 254 g/mol. The maximum atomic E-state index is 12.1. The summed E-state index contributed by atoms with van der Waals surface area (Å²) >= 11 is 0. The predicted octanol–water partition coefficient (Wildman–Crippen LogP) is 2.71. The molecule has 94 valence electrons. The average Bonchev–Trinajstić information content (AvgIpc) is 2.57. The first-order valence-corrected chi connectivity index (χ1v) is 5.92. The number of hydrogen-bond donors (Lipinski definition) is 1. The summed E-state index contributed by atoms with van der Waals surface area (Å²) in [6, 6.07) is 7.18. The molecular weight excluding hydrogens is 236 g/mol. The lowest BCUT2D eigenvalue weighted by Crippen LogP contribution is -2.31. The highest BCUT2D eigenvalue weighted by atomic mass is 35.5. The van der Waals surface area contributed by atoms with Crippen LogP contribution in [0.25, 0.3) is 0 Å². The van der Waals surface area contributed by atoms with Crippen LogP contribution in [0.3, 0.4) is 0 Å². The minimum absolute atomic E-state index is 0. The van der Waals surface area contributed by atoms with Gasteiger partial charge in [0.1, 0.15) is 0 Å². The van der Waals surface area contributed by atoms with E-state index in [2.05, 4.69) is 0 Å². The average molecular weight is 255 g/mol. The van der Waals surface area contributed by atoms with Gasteiger partial charge in [-0.25, -0.2) is 0 Å². The van der Waals surface area contributed by atoms with Crippen LogP contribution in [0.1, 0.15) is 36.0 Å². The predicted molar refractivity (Wildman–Crippen MR) is 72.5 cm³/mol. The fraction of sp³-hybridized carbons (Fsp3) is 0.462. The molecule has 0 saturated carbocycles. The Bertz CT molecular complexity index is 356. The van der Waals surface area contributed by atoms with Crippen LogP contribution in [0, 0.1) is 0 Å². The number of rotatable bonds is 1. The first-order chi connectivity index (χ1) is 7.77. The molecule has 0 spiro atoms. The van der Waals surface area contributed by atoms with E-state index in [1.807, 2.05) is 17.0 Å². The molecule has 3 nitrogen and oxygen atoms in total. The first kappa shape index (κ1) is 13.8. The van der Waals surface area contributed by atoms with E-state index in [0.29, 0.717) is 5.69 Å². The fourth-order valence-electron chi connectivity index (χ4n) is 2.08. The quantitative estimate of drug-likeness (QED) is 0.784. The third kappa shape index (κ3) is 3.63. The number of amides is 1. The van der Waals surface area contributed by atoms with E-state index in [9.17, 15) is 4.79 Å². The molecule has 1 aliphatic rings. The Morgan fingerprint density at radius 1 is 1.00 bits per heavy atom. The standard InChI is InChI=1S/C13H18N2O.ClH/c14-12-7-5-11(6-8-12)13(16)15-9-3-1-2-4-10-15;/h5-8H,1-4,9-10,14H2;1H. The van der Waals surface area contributed by atoms with Crippen molar-refractivity contribution >= 4 is 24.0 Å². The number of halogens is 1. The normalized spacial score (nSPS) is 15.9. The van der Waals surface area contributed by atoms with Crippen molar-refractivity contribution in [2.24, 2.45) is 0 Å². The highest BCUT2D eigenvalue weighted by Gasteiger charge is 2.16. The molecule has 0 radical (unpaired) electrons. The van der Waals surface area contributed by atoms with Gasteiger partial charge >= 0.3 is 0 Å². The Kier molecular flexibility index (Phi) is 5.29. The maximum Gasteiger partial charge on any atom is 0.253 e. The van der Waals surface area contributed by atoms with Gasteiger partial charge in [-0.3, -0.25) is 4.79 Å². The summed E-state index contributed by atoms with van der Waals surface area (Å²) in [6.45, 7) is 1.78. The highest BCUT2D eigenvalue weighted by Crippen LogP contribution is 2.14. The van der Waals surface area contributed by atoms with E-state index in [1.165, 1.54) is 12.8 Å². The molecule has 1 aliphatic heterocycles. The van der Waals surface area contributed by atoms with Gasteiger partial charge in [0.25, 0.3) is 5.91 Å². The molecule has 1 saturated heterocycles. The summed E-state index contributed by atoms with van der Waals surface area (Å²) in [4.78, 5) is 14.1. The number of carbonyl (C=O) groups excluding carboxylic acids is 1. The van der Waals surface area contributed by atoms with E-state index in [1.54, 1.807) is 12.1 Å². The Labute approximate surface area is 108 Å². The van der Waals surface area contributed by atoms with E-state index in [4.69, 9.17) is 5.73 Å². The van der Waals surface area contributed by atoms with Gasteiger partial charge in [-0.2, -0.15) is 0 Å². The number of likely N-dealkylation sites (tertiary alicyclic amines) is 1. The topological polar surface area (TPSA) is 46.3 Å². The van der Waals surface area contributed by atoms with Gasteiger partial charge in [0, 0.05) is 24.3 Å². The lowest BCUT2D eigenvalue weighted by molar-refractivity contribution is 0.0761. The second-order valence-electron chi connectivity index (χ2n) is 4.33. The molecule has 2 rings (SSSR count). The van der Waals surface area contributed by atoms with Crippen LogP contribution >= 0.6 is 12.4 Å². The molecule has 0 aromatic heterocycles. The van der Waals surface area contributed by atoms with Gasteiger partial charge in [-0.05, 0) is 37.1 Å². The van der Waals surface area contributed by atoms with Crippen molar-refractivity contribution in [3.8, 4) is 0 Å². The smallest absolute Gasteiger partial charge is 0.253 e. The zero-order valence-electron chi connectivity index (χ0n) is 9.89. The molecule has 0 bridgehead atoms. The van der Waals surface area contributed by atoms with Gasteiger partial charge in [-0.1, -0.05) is 12.8 Å². The molecule has 1 fully saturated rings. The Balaban J connectivity index is 0.00000144. The fourth-order valence-corrected chi connectivity index (χ4v) is 2.08. The molecule has 1 heterocycles. The van der Waals surface area contributed by atoms with Crippen molar-refractivity contribution in [1.82, 2.24) is 4.90 Å². The molecule has 4 heteroatoms. The van der Waals surface area contributed by atoms with Crippen molar-refractivity contribution in [2.75, 3.05) is 18.8 Å². The second-order valence-corrected chi connectivity index (χ2v) is 4.33. The third-order valence-electron chi connectivity index (χ3n) is 3.05. The van der Waals surface area contributed by atoms with Crippen LogP contribution in [0.4, 0.5) is 5.69 Å². The molecule has 0 unspecified atom stereocenters. The van der Waals surface area contributed by atoms with Gasteiger partial charge < -0.3 is 10.6 Å². The number of hydrogen-bond acceptors (Lipinski definition) is 2. The SMILES string of the molecule is Cl.Nc1ccc(C(=O)N2CCCCCC2)cc1. The van der Waals surface area contributed by atoms with Crippen molar-refractivity contribution in [1.29, 1.82) is 0 Å². The molecule has 0 aliphatic carbocycles. The van der Waals surface area contributed by atoms with Crippen molar-refractivity contribution < 1.29 is 4.79 Å². The van der Waals surface area contributed by atoms with Crippen LogP contribution in [0.2, 0.25) is 0 Å². The summed E-state index contributed by atoms with van der Waals surface area (Å²) in [7, 11) is 0. The second kappa shape index (κ2) is 6.50. The molecule has 17 heavy (non-hydrogen) atoms. The van der Waals surface area contributed by atoms with Crippen LogP contribution in [0.5, 0.6) is 0 Å². The number of nitrogens with two attached hydrogens (primary N) is 1.